The van der Waals surface area contributed by atoms with Crippen LogP contribution >= 0.6 is 0 Å². The molecule has 3 unspecified atom stereocenters. The fraction of sp³-hybridized carbons (Fsp3) is 0.440. The van der Waals surface area contributed by atoms with E-state index in [1.165, 1.54) is 12.1 Å². The SMILES string of the molecule is NC1CCN(CCC(N)C(=O)NC(CCc2ccccc2)C(=O)Nc2cccc(C(F)(F)F)c2)C1. The summed E-state index contributed by atoms with van der Waals surface area (Å²) in [5, 5.41) is 5.19. The molecule has 0 bridgehead atoms. The van der Waals surface area contributed by atoms with E-state index in [0.717, 1.165) is 37.2 Å². The van der Waals surface area contributed by atoms with Gasteiger partial charge in [-0.25, -0.2) is 0 Å². The summed E-state index contributed by atoms with van der Waals surface area (Å²) >= 11 is 0. The van der Waals surface area contributed by atoms with Crippen LogP contribution in [0.3, 0.4) is 0 Å². The third kappa shape index (κ3) is 8.34. The van der Waals surface area contributed by atoms with Crippen LogP contribution in [0.2, 0.25) is 0 Å². The maximum atomic E-state index is 13.0. The van der Waals surface area contributed by atoms with Crippen molar-refractivity contribution >= 4 is 17.5 Å². The molecule has 7 nitrogen and oxygen atoms in total. The molecule has 1 fully saturated rings. The van der Waals surface area contributed by atoms with Gasteiger partial charge in [-0.05, 0) is 56.0 Å². The normalized spacial score (nSPS) is 18.1. The summed E-state index contributed by atoms with van der Waals surface area (Å²) in [6, 6.07) is 12.1. The average Bonchev–Trinajstić information content (AvgIpc) is 3.25. The average molecular weight is 492 g/mol. The van der Waals surface area contributed by atoms with Crippen LogP contribution in [-0.4, -0.2) is 54.5 Å². The van der Waals surface area contributed by atoms with Crippen molar-refractivity contribution in [3.8, 4) is 0 Å². The van der Waals surface area contributed by atoms with Crippen LogP contribution < -0.4 is 22.1 Å². The molecule has 1 heterocycles. The smallest absolute Gasteiger partial charge is 0.343 e. The van der Waals surface area contributed by atoms with Crippen LogP contribution in [0.5, 0.6) is 0 Å². The highest BCUT2D eigenvalue weighted by atomic mass is 19.4. The first kappa shape index (κ1) is 26.7. The Morgan fingerprint density at radius 2 is 1.80 bits per heavy atom. The lowest BCUT2D eigenvalue weighted by Crippen LogP contribution is -2.50. The fourth-order valence-electron chi connectivity index (χ4n) is 4.02. The standard InChI is InChI=1S/C25H32F3N5O2/c26-25(27,28)18-7-4-8-20(15-18)31-24(35)22(10-9-17-5-2-1-3-6-17)32-23(34)21(30)12-14-33-13-11-19(29)16-33/h1-8,15,19,21-22H,9-14,16,29-30H2,(H,31,35)(H,32,34). The predicted molar refractivity (Wildman–Crippen MR) is 128 cm³/mol. The zero-order valence-corrected chi connectivity index (χ0v) is 19.4. The number of halogens is 3. The molecule has 2 aromatic rings. The summed E-state index contributed by atoms with van der Waals surface area (Å²) in [7, 11) is 0. The summed E-state index contributed by atoms with van der Waals surface area (Å²) in [4.78, 5) is 27.9. The topological polar surface area (TPSA) is 113 Å². The lowest BCUT2D eigenvalue weighted by atomic mass is 10.0. The van der Waals surface area contributed by atoms with E-state index in [1.54, 1.807) is 0 Å². The second kappa shape index (κ2) is 12.1. The monoisotopic (exact) mass is 491 g/mol. The number of benzene rings is 2. The van der Waals surface area contributed by atoms with Crippen molar-refractivity contribution in [1.29, 1.82) is 0 Å². The first-order valence-electron chi connectivity index (χ1n) is 11.7. The van der Waals surface area contributed by atoms with Gasteiger partial charge in [0.05, 0.1) is 11.6 Å². The number of rotatable bonds is 10. The van der Waals surface area contributed by atoms with Crippen LogP contribution in [0.25, 0.3) is 0 Å². The largest absolute Gasteiger partial charge is 0.416 e. The third-order valence-electron chi connectivity index (χ3n) is 6.06. The van der Waals surface area contributed by atoms with Crippen molar-refractivity contribution in [2.24, 2.45) is 11.5 Å². The number of carbonyl (C=O) groups is 2. The van der Waals surface area contributed by atoms with E-state index < -0.39 is 35.6 Å². The second-order valence-corrected chi connectivity index (χ2v) is 8.90. The van der Waals surface area contributed by atoms with Gasteiger partial charge < -0.3 is 27.0 Å². The summed E-state index contributed by atoms with van der Waals surface area (Å²) in [6.07, 6.45) is -2.48. The number of hydrogen-bond acceptors (Lipinski definition) is 5. The highest BCUT2D eigenvalue weighted by Gasteiger charge is 2.31. The molecular weight excluding hydrogens is 459 g/mol. The quantitative estimate of drug-likeness (QED) is 0.408. The van der Waals surface area contributed by atoms with Crippen molar-refractivity contribution in [3.05, 3.63) is 65.7 Å². The highest BCUT2D eigenvalue weighted by Crippen LogP contribution is 2.30. The van der Waals surface area contributed by atoms with Gasteiger partial charge >= 0.3 is 6.18 Å². The van der Waals surface area contributed by atoms with E-state index in [9.17, 15) is 22.8 Å². The van der Waals surface area contributed by atoms with Gasteiger partial charge in [-0.1, -0.05) is 36.4 Å². The van der Waals surface area contributed by atoms with E-state index in [1.807, 2.05) is 30.3 Å². The molecule has 0 spiro atoms. The lowest BCUT2D eigenvalue weighted by molar-refractivity contribution is -0.137. The molecule has 0 radical (unpaired) electrons. The highest BCUT2D eigenvalue weighted by molar-refractivity contribution is 5.97. The van der Waals surface area contributed by atoms with Crippen LogP contribution in [0.1, 0.15) is 30.4 Å². The number of nitrogens with zero attached hydrogens (tertiary/aromatic N) is 1. The van der Waals surface area contributed by atoms with E-state index in [2.05, 4.69) is 15.5 Å². The molecule has 10 heteroatoms. The molecule has 2 aromatic carbocycles. The molecule has 1 aliphatic heterocycles. The summed E-state index contributed by atoms with van der Waals surface area (Å²) in [5.41, 5.74) is 12.1. The van der Waals surface area contributed by atoms with E-state index in [0.29, 0.717) is 19.4 Å². The lowest BCUT2D eigenvalue weighted by Gasteiger charge is -2.22. The Kier molecular flexibility index (Phi) is 9.25. The Labute approximate surface area is 203 Å². The molecule has 190 valence electrons. The maximum absolute atomic E-state index is 13.0. The zero-order valence-electron chi connectivity index (χ0n) is 19.4. The number of nitrogens with one attached hydrogen (secondary N) is 2. The fourth-order valence-corrected chi connectivity index (χ4v) is 4.02. The number of anilines is 1. The van der Waals surface area contributed by atoms with Crippen molar-refractivity contribution in [1.82, 2.24) is 10.2 Å². The number of alkyl halides is 3. The molecule has 3 atom stereocenters. The summed E-state index contributed by atoms with van der Waals surface area (Å²) in [6.45, 7) is 2.23. The number of hydrogen-bond donors (Lipinski definition) is 4. The molecule has 0 saturated carbocycles. The minimum Gasteiger partial charge on any atom is -0.343 e. The van der Waals surface area contributed by atoms with Gasteiger partial charge in [0, 0.05) is 24.8 Å². The van der Waals surface area contributed by atoms with Crippen LogP contribution in [0.15, 0.2) is 54.6 Å². The molecule has 1 saturated heterocycles. The Bertz CT molecular complexity index is 987. The molecule has 0 aliphatic carbocycles. The Balaban J connectivity index is 1.64. The molecule has 6 N–H and O–H groups in total. The van der Waals surface area contributed by atoms with Gasteiger partial charge in [-0.3, -0.25) is 9.59 Å². The molecule has 2 amide bonds. The molecule has 1 aliphatic rings. The van der Waals surface area contributed by atoms with Gasteiger partial charge in [0.15, 0.2) is 0 Å². The van der Waals surface area contributed by atoms with Gasteiger partial charge in [0.2, 0.25) is 11.8 Å². The van der Waals surface area contributed by atoms with Gasteiger partial charge in [-0.2, -0.15) is 13.2 Å². The van der Waals surface area contributed by atoms with Gasteiger partial charge in [0.25, 0.3) is 0 Å². The Morgan fingerprint density at radius 3 is 2.46 bits per heavy atom. The maximum Gasteiger partial charge on any atom is 0.416 e. The second-order valence-electron chi connectivity index (χ2n) is 8.90. The van der Waals surface area contributed by atoms with Crippen molar-refractivity contribution in [3.63, 3.8) is 0 Å². The third-order valence-corrected chi connectivity index (χ3v) is 6.06. The number of aryl methyl sites for hydroxylation is 1. The number of carbonyl (C=O) groups excluding carboxylic acids is 2. The molecule has 0 aromatic heterocycles. The van der Waals surface area contributed by atoms with Crippen molar-refractivity contribution in [2.75, 3.05) is 25.0 Å². The zero-order chi connectivity index (χ0) is 25.4. The number of amides is 2. The summed E-state index contributed by atoms with van der Waals surface area (Å²) in [5.74, 6) is -1.09. The first-order valence-corrected chi connectivity index (χ1v) is 11.7. The number of likely N-dealkylation sites (tertiary alicyclic amines) is 1. The van der Waals surface area contributed by atoms with Gasteiger partial charge in [0.1, 0.15) is 6.04 Å². The minimum atomic E-state index is -4.53. The minimum absolute atomic E-state index is 0.00143. The molecular formula is C25H32F3N5O2. The number of nitrogens with two attached hydrogens (primary N) is 2. The van der Waals surface area contributed by atoms with Crippen molar-refractivity contribution in [2.45, 2.75) is 50.0 Å². The molecule has 35 heavy (non-hydrogen) atoms. The van der Waals surface area contributed by atoms with E-state index >= 15 is 0 Å². The summed E-state index contributed by atoms with van der Waals surface area (Å²) < 4.78 is 39.1. The van der Waals surface area contributed by atoms with Gasteiger partial charge in [-0.15, -0.1) is 0 Å². The predicted octanol–water partition coefficient (Wildman–Crippen LogP) is 2.51. The Hall–Kier alpha value is -2.95. The van der Waals surface area contributed by atoms with Crippen LogP contribution in [0, 0.1) is 0 Å². The van der Waals surface area contributed by atoms with E-state index in [-0.39, 0.29) is 18.2 Å². The first-order chi connectivity index (χ1) is 16.6. The van der Waals surface area contributed by atoms with Crippen LogP contribution in [0.4, 0.5) is 18.9 Å². The van der Waals surface area contributed by atoms with Crippen LogP contribution in [-0.2, 0) is 22.2 Å². The molecule has 3 rings (SSSR count). The van der Waals surface area contributed by atoms with E-state index in [4.69, 9.17) is 11.5 Å². The Morgan fingerprint density at radius 1 is 1.06 bits per heavy atom. The van der Waals surface area contributed by atoms with Crippen molar-refractivity contribution < 1.29 is 22.8 Å².